The Hall–Kier alpha value is -2.59. The van der Waals surface area contributed by atoms with Gasteiger partial charge in [-0.2, -0.15) is 0 Å². The summed E-state index contributed by atoms with van der Waals surface area (Å²) in [5, 5.41) is 12.3. The number of benzene rings is 2. The number of phenolic OH excluding ortho intramolecular Hbond substituents is 1. The van der Waals surface area contributed by atoms with E-state index in [-0.39, 0.29) is 11.7 Å². The molecule has 4 nitrogen and oxygen atoms in total. The Labute approximate surface area is 136 Å². The molecule has 4 heteroatoms. The second-order valence-corrected chi connectivity index (χ2v) is 5.68. The number of hydrogen-bond donors (Lipinski definition) is 2. The lowest BCUT2D eigenvalue weighted by Crippen LogP contribution is -2.36. The van der Waals surface area contributed by atoms with Gasteiger partial charge in [-0.1, -0.05) is 36.4 Å². The molecule has 0 aliphatic carbocycles. The fourth-order valence-electron chi connectivity index (χ4n) is 2.72. The van der Waals surface area contributed by atoms with Gasteiger partial charge in [0.1, 0.15) is 5.75 Å². The van der Waals surface area contributed by atoms with Crippen molar-refractivity contribution in [3.8, 4) is 5.75 Å². The van der Waals surface area contributed by atoms with Gasteiger partial charge < -0.3 is 10.4 Å². The van der Waals surface area contributed by atoms with Gasteiger partial charge in [0, 0.05) is 18.8 Å². The highest BCUT2D eigenvalue weighted by atomic mass is 16.3. The van der Waals surface area contributed by atoms with Crippen LogP contribution in [0.1, 0.15) is 12.0 Å². The maximum atomic E-state index is 12.1. The molecule has 23 heavy (non-hydrogen) atoms. The molecule has 0 radical (unpaired) electrons. The minimum absolute atomic E-state index is 0.0117. The van der Waals surface area contributed by atoms with E-state index in [2.05, 4.69) is 16.3 Å². The molecule has 1 aliphatic rings. The van der Waals surface area contributed by atoms with Crippen molar-refractivity contribution in [2.75, 3.05) is 25.0 Å². The minimum Gasteiger partial charge on any atom is -0.508 e. The van der Waals surface area contributed by atoms with Crippen LogP contribution in [-0.2, 0) is 4.79 Å². The third-order valence-corrected chi connectivity index (χ3v) is 3.96. The van der Waals surface area contributed by atoms with Crippen LogP contribution in [0.4, 0.5) is 5.69 Å². The van der Waals surface area contributed by atoms with Crippen molar-refractivity contribution >= 4 is 17.2 Å². The van der Waals surface area contributed by atoms with Crippen LogP contribution in [0.15, 0.2) is 60.7 Å². The van der Waals surface area contributed by atoms with Gasteiger partial charge in [0.2, 0.25) is 5.91 Å². The Balaban J connectivity index is 1.54. The minimum atomic E-state index is 0.0117. The molecular formula is C19H20N2O2. The molecule has 1 amide bonds. The molecule has 0 bridgehead atoms. The highest BCUT2D eigenvalue weighted by Crippen LogP contribution is 2.23. The smallest absolute Gasteiger partial charge is 0.238 e. The summed E-state index contributed by atoms with van der Waals surface area (Å²) >= 11 is 0. The van der Waals surface area contributed by atoms with Crippen molar-refractivity contribution in [1.82, 2.24) is 4.90 Å². The molecule has 0 unspecified atom stereocenters. The van der Waals surface area contributed by atoms with Crippen LogP contribution in [0.3, 0.4) is 0 Å². The van der Waals surface area contributed by atoms with Gasteiger partial charge in [-0.05, 0) is 41.8 Å². The van der Waals surface area contributed by atoms with Crippen LogP contribution in [0, 0.1) is 0 Å². The molecule has 3 rings (SSSR count). The van der Waals surface area contributed by atoms with Crippen LogP contribution in [0.5, 0.6) is 5.75 Å². The predicted molar refractivity (Wildman–Crippen MR) is 92.2 cm³/mol. The van der Waals surface area contributed by atoms with Gasteiger partial charge in [-0.15, -0.1) is 0 Å². The molecule has 0 saturated heterocycles. The van der Waals surface area contributed by atoms with E-state index in [1.54, 1.807) is 12.1 Å². The highest BCUT2D eigenvalue weighted by Gasteiger charge is 2.15. The first kappa shape index (κ1) is 15.3. The Morgan fingerprint density at radius 2 is 1.83 bits per heavy atom. The number of hydrogen-bond acceptors (Lipinski definition) is 3. The van der Waals surface area contributed by atoms with Crippen molar-refractivity contribution in [1.29, 1.82) is 0 Å². The Morgan fingerprint density at radius 1 is 1.09 bits per heavy atom. The number of para-hydroxylation sites is 1. The molecule has 0 atom stereocenters. The summed E-state index contributed by atoms with van der Waals surface area (Å²) < 4.78 is 0. The molecule has 0 fully saturated rings. The van der Waals surface area contributed by atoms with E-state index < -0.39 is 0 Å². The highest BCUT2D eigenvalue weighted by molar-refractivity contribution is 5.92. The molecule has 0 saturated carbocycles. The van der Waals surface area contributed by atoms with E-state index in [9.17, 15) is 9.90 Å². The van der Waals surface area contributed by atoms with Crippen molar-refractivity contribution in [2.24, 2.45) is 0 Å². The fraction of sp³-hybridized carbons (Fsp3) is 0.211. The Bertz CT molecular complexity index is 693. The number of amides is 1. The van der Waals surface area contributed by atoms with Crippen molar-refractivity contribution in [3.63, 3.8) is 0 Å². The summed E-state index contributed by atoms with van der Waals surface area (Å²) in [4.78, 5) is 14.2. The standard InChI is InChI=1S/C19H20N2O2/c22-18-8-6-15(7-9-18)16-10-12-21(13-11-16)14-19(23)20-17-4-2-1-3-5-17/h1-10,22H,11-14H2,(H,20,23). The maximum absolute atomic E-state index is 12.1. The first-order valence-electron chi connectivity index (χ1n) is 7.76. The predicted octanol–water partition coefficient (Wildman–Crippen LogP) is 3.12. The lowest BCUT2D eigenvalue weighted by molar-refractivity contribution is -0.117. The molecular weight excluding hydrogens is 288 g/mol. The van der Waals surface area contributed by atoms with E-state index >= 15 is 0 Å². The average molecular weight is 308 g/mol. The summed E-state index contributed by atoms with van der Waals surface area (Å²) in [5.74, 6) is 0.294. The quantitative estimate of drug-likeness (QED) is 0.912. The van der Waals surface area contributed by atoms with E-state index in [0.717, 1.165) is 30.8 Å². The topological polar surface area (TPSA) is 52.6 Å². The first-order chi connectivity index (χ1) is 11.2. The second kappa shape index (κ2) is 7.11. The van der Waals surface area contributed by atoms with Gasteiger partial charge in [0.25, 0.3) is 0 Å². The molecule has 2 N–H and O–H groups in total. The fourth-order valence-corrected chi connectivity index (χ4v) is 2.72. The normalized spacial score (nSPS) is 15.0. The molecule has 1 heterocycles. The zero-order chi connectivity index (χ0) is 16.1. The monoisotopic (exact) mass is 308 g/mol. The molecule has 1 aliphatic heterocycles. The largest absolute Gasteiger partial charge is 0.508 e. The van der Waals surface area contributed by atoms with Crippen LogP contribution in [0.2, 0.25) is 0 Å². The average Bonchev–Trinajstić information content (AvgIpc) is 2.57. The molecule has 0 aromatic heterocycles. The van der Waals surface area contributed by atoms with Crippen molar-refractivity contribution in [3.05, 3.63) is 66.2 Å². The maximum Gasteiger partial charge on any atom is 0.238 e. The zero-order valence-corrected chi connectivity index (χ0v) is 12.9. The number of nitrogens with one attached hydrogen (secondary N) is 1. The van der Waals surface area contributed by atoms with E-state index in [0.29, 0.717) is 6.54 Å². The Morgan fingerprint density at radius 3 is 2.48 bits per heavy atom. The molecule has 118 valence electrons. The third kappa shape index (κ3) is 4.20. The van der Waals surface area contributed by atoms with Crippen LogP contribution in [-0.4, -0.2) is 35.5 Å². The first-order valence-corrected chi connectivity index (χ1v) is 7.76. The van der Waals surface area contributed by atoms with Crippen LogP contribution in [0.25, 0.3) is 5.57 Å². The lowest BCUT2D eigenvalue weighted by Gasteiger charge is -2.25. The van der Waals surface area contributed by atoms with Crippen molar-refractivity contribution < 1.29 is 9.90 Å². The Kier molecular flexibility index (Phi) is 4.74. The number of carbonyl (C=O) groups excluding carboxylic acids is 1. The van der Waals surface area contributed by atoms with Gasteiger partial charge in [0.05, 0.1) is 6.54 Å². The summed E-state index contributed by atoms with van der Waals surface area (Å²) in [7, 11) is 0. The number of anilines is 1. The third-order valence-electron chi connectivity index (χ3n) is 3.96. The van der Waals surface area contributed by atoms with E-state index in [1.165, 1.54) is 5.57 Å². The lowest BCUT2D eigenvalue weighted by atomic mass is 9.99. The van der Waals surface area contributed by atoms with Crippen LogP contribution < -0.4 is 5.32 Å². The van der Waals surface area contributed by atoms with Gasteiger partial charge >= 0.3 is 0 Å². The van der Waals surface area contributed by atoms with Gasteiger partial charge in [-0.3, -0.25) is 9.69 Å². The van der Waals surface area contributed by atoms with E-state index in [1.807, 2.05) is 42.5 Å². The number of aromatic hydroxyl groups is 1. The van der Waals surface area contributed by atoms with Gasteiger partial charge in [-0.25, -0.2) is 0 Å². The molecule has 2 aromatic rings. The summed E-state index contributed by atoms with van der Waals surface area (Å²) in [6.07, 6.45) is 3.06. The van der Waals surface area contributed by atoms with E-state index in [4.69, 9.17) is 0 Å². The number of phenols is 1. The summed E-state index contributed by atoms with van der Waals surface area (Å²) in [5.41, 5.74) is 3.23. The number of carbonyl (C=O) groups is 1. The molecule has 2 aromatic carbocycles. The number of nitrogens with zero attached hydrogens (tertiary/aromatic N) is 1. The van der Waals surface area contributed by atoms with Crippen LogP contribution >= 0.6 is 0 Å². The number of rotatable bonds is 4. The van der Waals surface area contributed by atoms with Gasteiger partial charge in [0.15, 0.2) is 0 Å². The summed E-state index contributed by atoms with van der Waals surface area (Å²) in [6.45, 7) is 2.02. The molecule has 0 spiro atoms. The SMILES string of the molecule is O=C(CN1CC=C(c2ccc(O)cc2)CC1)Nc1ccccc1. The van der Waals surface area contributed by atoms with Crippen molar-refractivity contribution in [2.45, 2.75) is 6.42 Å². The summed E-state index contributed by atoms with van der Waals surface area (Å²) in [6, 6.07) is 16.8. The zero-order valence-electron chi connectivity index (χ0n) is 12.9. The second-order valence-electron chi connectivity index (χ2n) is 5.68.